The molecule has 3 rings (SSSR count). The van der Waals surface area contributed by atoms with Crippen molar-refractivity contribution in [1.29, 1.82) is 0 Å². The van der Waals surface area contributed by atoms with Crippen LogP contribution in [0.15, 0.2) is 22.7 Å². The van der Waals surface area contributed by atoms with Crippen LogP contribution in [0.1, 0.15) is 38.5 Å². The van der Waals surface area contributed by atoms with Crippen LogP contribution >= 0.6 is 15.9 Å². The van der Waals surface area contributed by atoms with E-state index in [1.165, 1.54) is 44.6 Å². The van der Waals surface area contributed by atoms with Gasteiger partial charge in [0.05, 0.1) is 5.69 Å². The highest BCUT2D eigenvalue weighted by Crippen LogP contribution is 2.44. The molecule has 0 spiro atoms. The zero-order valence-corrected chi connectivity index (χ0v) is 12.0. The van der Waals surface area contributed by atoms with E-state index in [2.05, 4.69) is 21.2 Å². The Kier molecular flexibility index (Phi) is 3.60. The number of nitrogens with one attached hydrogen (secondary N) is 1. The average molecular weight is 312 g/mol. The van der Waals surface area contributed by atoms with Crippen molar-refractivity contribution in [1.82, 2.24) is 0 Å². The molecule has 0 radical (unpaired) electrons. The summed E-state index contributed by atoms with van der Waals surface area (Å²) in [6.45, 7) is 0. The van der Waals surface area contributed by atoms with Gasteiger partial charge in [-0.25, -0.2) is 4.39 Å². The molecule has 98 valence electrons. The number of hydrogen-bond acceptors (Lipinski definition) is 1. The molecular formula is C15H19BrFN. The Morgan fingerprint density at radius 2 is 1.94 bits per heavy atom. The van der Waals surface area contributed by atoms with Gasteiger partial charge >= 0.3 is 0 Å². The van der Waals surface area contributed by atoms with Gasteiger partial charge in [0.1, 0.15) is 5.82 Å². The smallest absolute Gasteiger partial charge is 0.147 e. The standard InChI is InChI=1S/C15H19BrFN/c16-13-5-2-6-14(17)15(13)18-12-4-1-3-11(9-12)10-7-8-10/h2,5-6,10-12,18H,1,3-4,7-9H2. The molecule has 18 heavy (non-hydrogen) atoms. The molecule has 2 fully saturated rings. The zero-order valence-electron chi connectivity index (χ0n) is 10.5. The first-order valence-corrected chi connectivity index (χ1v) is 7.74. The van der Waals surface area contributed by atoms with E-state index in [-0.39, 0.29) is 5.82 Å². The summed E-state index contributed by atoms with van der Waals surface area (Å²) in [5, 5.41) is 3.41. The lowest BCUT2D eigenvalue weighted by Crippen LogP contribution is -2.28. The Morgan fingerprint density at radius 1 is 1.11 bits per heavy atom. The van der Waals surface area contributed by atoms with Crippen LogP contribution in [0.5, 0.6) is 0 Å². The Labute approximate surface area is 116 Å². The first-order chi connectivity index (χ1) is 8.74. The van der Waals surface area contributed by atoms with Crippen molar-refractivity contribution < 1.29 is 4.39 Å². The Morgan fingerprint density at radius 3 is 2.67 bits per heavy atom. The van der Waals surface area contributed by atoms with Crippen molar-refractivity contribution in [3.8, 4) is 0 Å². The topological polar surface area (TPSA) is 12.0 Å². The summed E-state index contributed by atoms with van der Waals surface area (Å²) in [4.78, 5) is 0. The second-order valence-electron chi connectivity index (χ2n) is 5.70. The molecular weight excluding hydrogens is 293 g/mol. The maximum Gasteiger partial charge on any atom is 0.147 e. The lowest BCUT2D eigenvalue weighted by Gasteiger charge is -2.31. The lowest BCUT2D eigenvalue weighted by atomic mass is 9.82. The minimum atomic E-state index is -0.155. The lowest BCUT2D eigenvalue weighted by molar-refractivity contribution is 0.302. The molecule has 1 aromatic rings. The van der Waals surface area contributed by atoms with Gasteiger partial charge in [-0.15, -0.1) is 0 Å². The van der Waals surface area contributed by atoms with Gasteiger partial charge in [-0.05, 0) is 65.6 Å². The summed E-state index contributed by atoms with van der Waals surface area (Å²) >= 11 is 3.43. The van der Waals surface area contributed by atoms with Gasteiger partial charge in [0.15, 0.2) is 0 Å². The third-order valence-corrected chi connectivity index (χ3v) is 4.98. The number of rotatable bonds is 3. The largest absolute Gasteiger partial charge is 0.379 e. The zero-order chi connectivity index (χ0) is 12.5. The summed E-state index contributed by atoms with van der Waals surface area (Å²) in [6.07, 6.45) is 7.88. The first-order valence-electron chi connectivity index (χ1n) is 6.94. The molecule has 1 N–H and O–H groups in total. The van der Waals surface area contributed by atoms with Crippen molar-refractivity contribution in [2.24, 2.45) is 11.8 Å². The maximum atomic E-state index is 13.8. The van der Waals surface area contributed by atoms with Crippen molar-refractivity contribution in [3.05, 3.63) is 28.5 Å². The number of halogens is 2. The van der Waals surface area contributed by atoms with E-state index in [0.717, 1.165) is 16.3 Å². The van der Waals surface area contributed by atoms with E-state index in [4.69, 9.17) is 0 Å². The van der Waals surface area contributed by atoms with Crippen LogP contribution in [0, 0.1) is 17.7 Å². The highest BCUT2D eigenvalue weighted by molar-refractivity contribution is 9.10. The summed E-state index contributed by atoms with van der Waals surface area (Å²) < 4.78 is 14.6. The molecule has 0 saturated heterocycles. The predicted octanol–water partition coefficient (Wildman–Crippen LogP) is 4.97. The van der Waals surface area contributed by atoms with Gasteiger partial charge in [0, 0.05) is 10.5 Å². The SMILES string of the molecule is Fc1cccc(Br)c1NC1CCCC(C2CC2)C1. The first kappa shape index (κ1) is 12.5. The molecule has 0 bridgehead atoms. The van der Waals surface area contributed by atoms with E-state index in [9.17, 15) is 4.39 Å². The van der Waals surface area contributed by atoms with Crippen molar-refractivity contribution in [2.45, 2.75) is 44.6 Å². The minimum Gasteiger partial charge on any atom is -0.379 e. The number of hydrogen-bond donors (Lipinski definition) is 1. The Bertz CT molecular complexity index is 410. The summed E-state index contributed by atoms with van der Waals surface area (Å²) in [7, 11) is 0. The maximum absolute atomic E-state index is 13.8. The molecule has 1 aromatic carbocycles. The molecule has 3 heteroatoms. The fraction of sp³-hybridized carbons (Fsp3) is 0.600. The van der Waals surface area contributed by atoms with Crippen LogP contribution in [0.25, 0.3) is 0 Å². The second-order valence-corrected chi connectivity index (χ2v) is 6.56. The van der Waals surface area contributed by atoms with Gasteiger partial charge in [0.25, 0.3) is 0 Å². The molecule has 0 heterocycles. The van der Waals surface area contributed by atoms with Gasteiger partial charge in [-0.2, -0.15) is 0 Å². The third-order valence-electron chi connectivity index (χ3n) is 4.31. The van der Waals surface area contributed by atoms with Gasteiger partial charge in [-0.3, -0.25) is 0 Å². The monoisotopic (exact) mass is 311 g/mol. The summed E-state index contributed by atoms with van der Waals surface area (Å²) in [5.74, 6) is 1.69. The molecule has 2 aliphatic carbocycles. The number of anilines is 1. The van der Waals surface area contributed by atoms with Gasteiger partial charge in [0.2, 0.25) is 0 Å². The average Bonchev–Trinajstić information content (AvgIpc) is 3.19. The van der Waals surface area contributed by atoms with Crippen LogP contribution in [-0.4, -0.2) is 6.04 Å². The molecule has 2 atom stereocenters. The van der Waals surface area contributed by atoms with E-state index in [1.807, 2.05) is 6.07 Å². The molecule has 0 amide bonds. The van der Waals surface area contributed by atoms with Crippen LogP contribution in [-0.2, 0) is 0 Å². The Hall–Kier alpha value is -0.570. The molecule has 2 aliphatic rings. The van der Waals surface area contributed by atoms with E-state index in [1.54, 1.807) is 6.07 Å². The van der Waals surface area contributed by atoms with E-state index < -0.39 is 0 Å². The highest BCUT2D eigenvalue weighted by atomic mass is 79.9. The fourth-order valence-electron chi connectivity index (χ4n) is 3.19. The Balaban J connectivity index is 1.68. The van der Waals surface area contributed by atoms with Gasteiger partial charge in [-0.1, -0.05) is 18.9 Å². The third kappa shape index (κ3) is 2.71. The molecule has 0 aromatic heterocycles. The van der Waals surface area contributed by atoms with E-state index >= 15 is 0 Å². The molecule has 2 unspecified atom stereocenters. The van der Waals surface area contributed by atoms with Crippen molar-refractivity contribution in [3.63, 3.8) is 0 Å². The quantitative estimate of drug-likeness (QED) is 0.831. The van der Waals surface area contributed by atoms with Crippen LogP contribution in [0.2, 0.25) is 0 Å². The highest BCUT2D eigenvalue weighted by Gasteiger charge is 2.34. The fourth-order valence-corrected chi connectivity index (χ4v) is 3.65. The summed E-state index contributed by atoms with van der Waals surface area (Å²) in [6, 6.07) is 5.59. The molecule has 1 nitrogen and oxygen atoms in total. The number of para-hydroxylation sites is 1. The van der Waals surface area contributed by atoms with E-state index in [0.29, 0.717) is 11.7 Å². The normalized spacial score (nSPS) is 28.1. The predicted molar refractivity (Wildman–Crippen MR) is 76.2 cm³/mol. The van der Waals surface area contributed by atoms with Crippen LogP contribution in [0.4, 0.5) is 10.1 Å². The van der Waals surface area contributed by atoms with Crippen molar-refractivity contribution in [2.75, 3.05) is 5.32 Å². The van der Waals surface area contributed by atoms with Crippen LogP contribution < -0.4 is 5.32 Å². The summed E-state index contributed by atoms with van der Waals surface area (Å²) in [5.41, 5.74) is 0.638. The van der Waals surface area contributed by atoms with Crippen molar-refractivity contribution >= 4 is 21.6 Å². The van der Waals surface area contributed by atoms with Crippen LogP contribution in [0.3, 0.4) is 0 Å². The molecule has 0 aliphatic heterocycles. The van der Waals surface area contributed by atoms with Gasteiger partial charge < -0.3 is 5.32 Å². The second kappa shape index (κ2) is 5.20. The number of benzene rings is 1. The molecule has 2 saturated carbocycles. The minimum absolute atomic E-state index is 0.155.